The van der Waals surface area contributed by atoms with E-state index in [4.69, 9.17) is 9.97 Å². The van der Waals surface area contributed by atoms with Gasteiger partial charge in [-0.3, -0.25) is 0 Å². The van der Waals surface area contributed by atoms with Gasteiger partial charge in [-0.2, -0.15) is 0 Å². The molecule has 0 radical (unpaired) electrons. The van der Waals surface area contributed by atoms with E-state index in [1.807, 2.05) is 17.4 Å². The third-order valence-electron chi connectivity index (χ3n) is 12.9. The Kier molecular flexibility index (Phi) is 8.41. The van der Waals surface area contributed by atoms with Gasteiger partial charge in [-0.05, 0) is 109 Å². The molecule has 2 aromatic heterocycles. The largest absolute Gasteiger partial charge is 0.228 e. The van der Waals surface area contributed by atoms with Crippen LogP contribution < -0.4 is 0 Å². The van der Waals surface area contributed by atoms with Gasteiger partial charge in [0.25, 0.3) is 0 Å². The monoisotopic (exact) mass is 808 g/mol. The van der Waals surface area contributed by atoms with Crippen LogP contribution >= 0.6 is 11.3 Å². The number of hydrogen-bond acceptors (Lipinski definition) is 3. The number of nitrogens with zero attached hydrogens (tertiary/aromatic N) is 2. The number of benzene rings is 9. The van der Waals surface area contributed by atoms with Gasteiger partial charge in [-0.15, -0.1) is 11.3 Å². The van der Waals surface area contributed by atoms with Crippen LogP contribution in [0.2, 0.25) is 0 Å². The summed E-state index contributed by atoms with van der Waals surface area (Å²) in [5.74, 6) is 0.698. The van der Waals surface area contributed by atoms with Gasteiger partial charge in [-0.1, -0.05) is 178 Å². The Morgan fingerprint density at radius 1 is 0.371 bits per heavy atom. The molecule has 1 aliphatic carbocycles. The van der Waals surface area contributed by atoms with Crippen LogP contribution in [0.3, 0.4) is 0 Å². The Morgan fingerprint density at radius 2 is 0.984 bits per heavy atom. The van der Waals surface area contributed by atoms with Crippen LogP contribution in [0.15, 0.2) is 206 Å². The first-order valence-corrected chi connectivity index (χ1v) is 22.1. The van der Waals surface area contributed by atoms with Crippen LogP contribution in [0.25, 0.3) is 109 Å². The number of thiophene rings is 1. The molecule has 0 aliphatic heterocycles. The normalized spacial score (nSPS) is 12.8. The molecule has 0 fully saturated rings. The molecule has 0 saturated carbocycles. The fourth-order valence-electron chi connectivity index (χ4n) is 9.74. The molecule has 62 heavy (non-hydrogen) atoms. The van der Waals surface area contributed by atoms with E-state index in [9.17, 15) is 0 Å². The molecule has 0 unspecified atom stereocenters. The molecule has 292 valence electrons. The molecule has 9 aromatic carbocycles. The second-order valence-corrected chi connectivity index (χ2v) is 18.0. The Bertz CT molecular complexity index is 3560. The summed E-state index contributed by atoms with van der Waals surface area (Å²) >= 11 is 1.87. The van der Waals surface area contributed by atoms with Crippen LogP contribution in [0.1, 0.15) is 25.0 Å². The van der Waals surface area contributed by atoms with E-state index >= 15 is 0 Å². The lowest BCUT2D eigenvalue weighted by Crippen LogP contribution is -2.14. The Balaban J connectivity index is 1.06. The fraction of sp³-hybridized carbons (Fsp3) is 0.0508. The lowest BCUT2D eigenvalue weighted by Gasteiger charge is -2.21. The van der Waals surface area contributed by atoms with Crippen molar-refractivity contribution in [2.45, 2.75) is 19.3 Å². The zero-order valence-corrected chi connectivity index (χ0v) is 35.2. The summed E-state index contributed by atoms with van der Waals surface area (Å²) in [5, 5.41) is 5.03. The van der Waals surface area contributed by atoms with Crippen molar-refractivity contribution >= 4 is 42.3 Å². The van der Waals surface area contributed by atoms with Gasteiger partial charge in [-0.25, -0.2) is 9.97 Å². The van der Waals surface area contributed by atoms with Crippen molar-refractivity contribution in [1.82, 2.24) is 9.97 Å². The van der Waals surface area contributed by atoms with E-state index < -0.39 is 0 Å². The summed E-state index contributed by atoms with van der Waals surface area (Å²) in [6.45, 7) is 4.68. The van der Waals surface area contributed by atoms with Crippen molar-refractivity contribution in [2.24, 2.45) is 0 Å². The van der Waals surface area contributed by atoms with Crippen molar-refractivity contribution in [2.75, 3.05) is 0 Å². The first kappa shape index (κ1) is 36.4. The minimum atomic E-state index is -0.0750. The maximum atomic E-state index is 5.38. The van der Waals surface area contributed by atoms with Crippen molar-refractivity contribution in [3.05, 3.63) is 217 Å². The number of aromatic nitrogens is 2. The minimum Gasteiger partial charge on any atom is -0.228 e. The smallest absolute Gasteiger partial charge is 0.160 e. The maximum Gasteiger partial charge on any atom is 0.160 e. The fourth-order valence-corrected chi connectivity index (χ4v) is 11.0. The second kappa shape index (κ2) is 14.3. The Hall–Kier alpha value is -7.46. The molecule has 0 spiro atoms. The van der Waals surface area contributed by atoms with Gasteiger partial charge in [0.1, 0.15) is 0 Å². The summed E-state index contributed by atoms with van der Waals surface area (Å²) in [4.78, 5) is 10.7. The third kappa shape index (κ3) is 6.00. The molecule has 2 nitrogen and oxygen atoms in total. The van der Waals surface area contributed by atoms with E-state index in [1.165, 1.54) is 75.5 Å². The van der Waals surface area contributed by atoms with Crippen LogP contribution in [-0.4, -0.2) is 9.97 Å². The third-order valence-corrected chi connectivity index (χ3v) is 14.1. The SMILES string of the molecule is CC1(C)c2ccccc2-c2c(-c3cccc(-c4cc(-c5cc(-c6ccc7ccccc7c6)cc(-c6cccc7c6sc6ccccc67)c5)nc(-c5ccccc5)n4)c3)cccc21. The van der Waals surface area contributed by atoms with Gasteiger partial charge < -0.3 is 0 Å². The Morgan fingerprint density at radius 3 is 1.89 bits per heavy atom. The zero-order valence-electron chi connectivity index (χ0n) is 34.4. The molecule has 0 N–H and O–H groups in total. The minimum absolute atomic E-state index is 0.0750. The van der Waals surface area contributed by atoms with Gasteiger partial charge in [0.15, 0.2) is 5.82 Å². The first-order chi connectivity index (χ1) is 30.5. The van der Waals surface area contributed by atoms with Crippen LogP contribution in [0.5, 0.6) is 0 Å². The first-order valence-electron chi connectivity index (χ1n) is 21.3. The number of hydrogen-bond donors (Lipinski definition) is 0. The highest BCUT2D eigenvalue weighted by molar-refractivity contribution is 7.26. The summed E-state index contributed by atoms with van der Waals surface area (Å²) in [6.07, 6.45) is 0. The average Bonchev–Trinajstić information content (AvgIpc) is 3.83. The van der Waals surface area contributed by atoms with Gasteiger partial charge in [0.2, 0.25) is 0 Å². The molecule has 3 heteroatoms. The van der Waals surface area contributed by atoms with E-state index in [0.717, 1.165) is 39.2 Å². The molecule has 0 saturated heterocycles. The van der Waals surface area contributed by atoms with Gasteiger partial charge in [0.05, 0.1) is 11.4 Å². The maximum absolute atomic E-state index is 5.38. The zero-order chi connectivity index (χ0) is 41.4. The number of rotatable bonds is 6. The quantitative estimate of drug-likeness (QED) is 0.167. The van der Waals surface area contributed by atoms with Gasteiger partial charge >= 0.3 is 0 Å². The highest BCUT2D eigenvalue weighted by Gasteiger charge is 2.36. The van der Waals surface area contributed by atoms with Crippen molar-refractivity contribution in [1.29, 1.82) is 0 Å². The van der Waals surface area contributed by atoms with Gasteiger partial charge in [0, 0.05) is 42.3 Å². The summed E-state index contributed by atoms with van der Waals surface area (Å²) in [6, 6.07) is 75.0. The standard InChI is InChI=1S/C59H40N2S/c1-59(2)51-26-10-8-22-50(51)56-46(23-14-27-52(56)59)41-19-12-20-42(32-41)53-36-54(61-58(60-53)38-16-4-3-5-17-38)45-34-43(40-30-29-37-15-6-7-18-39(37)31-40)33-44(35-45)47-24-13-25-49-48-21-9-11-28-55(48)62-57(47)49/h3-36H,1-2H3. The van der Waals surface area contributed by atoms with E-state index in [0.29, 0.717) is 5.82 Å². The lowest BCUT2D eigenvalue weighted by atomic mass is 9.82. The average molecular weight is 809 g/mol. The molecule has 0 atom stereocenters. The topological polar surface area (TPSA) is 25.8 Å². The molecular formula is C59H40N2S. The van der Waals surface area contributed by atoms with Crippen molar-refractivity contribution in [3.63, 3.8) is 0 Å². The summed E-state index contributed by atoms with van der Waals surface area (Å²) in [7, 11) is 0. The molecule has 12 rings (SSSR count). The van der Waals surface area contributed by atoms with Crippen LogP contribution in [0.4, 0.5) is 0 Å². The predicted octanol–water partition coefficient (Wildman–Crippen LogP) is 16.3. The lowest BCUT2D eigenvalue weighted by molar-refractivity contribution is 0.660. The highest BCUT2D eigenvalue weighted by Crippen LogP contribution is 2.52. The van der Waals surface area contributed by atoms with E-state index in [2.05, 4.69) is 214 Å². The van der Waals surface area contributed by atoms with Crippen LogP contribution in [0, 0.1) is 0 Å². The molecule has 0 bridgehead atoms. The van der Waals surface area contributed by atoms with Crippen molar-refractivity contribution < 1.29 is 0 Å². The molecule has 11 aromatic rings. The van der Waals surface area contributed by atoms with Crippen molar-refractivity contribution in [3.8, 4) is 78.4 Å². The second-order valence-electron chi connectivity index (χ2n) is 16.9. The van der Waals surface area contributed by atoms with E-state index in [1.54, 1.807) is 0 Å². The van der Waals surface area contributed by atoms with E-state index in [-0.39, 0.29) is 5.41 Å². The van der Waals surface area contributed by atoms with Crippen LogP contribution in [-0.2, 0) is 5.41 Å². The highest BCUT2D eigenvalue weighted by atomic mass is 32.1. The Labute approximate surface area is 365 Å². The number of fused-ring (bicyclic) bond motifs is 7. The summed E-state index contributed by atoms with van der Waals surface area (Å²) in [5.41, 5.74) is 17.2. The molecular weight excluding hydrogens is 769 g/mol. The molecule has 1 aliphatic rings. The summed E-state index contributed by atoms with van der Waals surface area (Å²) < 4.78 is 2.59. The predicted molar refractivity (Wildman–Crippen MR) is 263 cm³/mol. The molecule has 0 amide bonds. The molecule has 2 heterocycles.